The zero-order valence-electron chi connectivity index (χ0n) is 10.4. The molecule has 0 bridgehead atoms. The van der Waals surface area contributed by atoms with Crippen molar-refractivity contribution in [2.75, 3.05) is 7.05 Å². The normalized spacial score (nSPS) is 14.5. The molecule has 0 aromatic rings. The van der Waals surface area contributed by atoms with E-state index in [9.17, 15) is 4.79 Å². The number of carbonyl (C=O) groups is 1. The van der Waals surface area contributed by atoms with Crippen molar-refractivity contribution in [2.45, 2.75) is 46.6 Å². The molecule has 1 amide bonds. The zero-order chi connectivity index (χ0) is 12.0. The van der Waals surface area contributed by atoms with Crippen LogP contribution in [0.4, 0.5) is 0 Å². The third kappa shape index (κ3) is 4.33. The number of rotatable bonds is 5. The van der Waals surface area contributed by atoms with Crippen LogP contribution < -0.4 is 0 Å². The molecule has 0 spiro atoms. The molecule has 15 heavy (non-hydrogen) atoms. The second-order valence-corrected chi connectivity index (χ2v) is 4.52. The summed E-state index contributed by atoms with van der Waals surface area (Å²) in [6.07, 6.45) is 1.57. The van der Waals surface area contributed by atoms with Crippen molar-refractivity contribution in [2.24, 2.45) is 11.8 Å². The molecule has 0 saturated heterocycles. The average Bonchev–Trinajstić information content (AvgIpc) is 2.17. The number of nitrogens with zero attached hydrogens (tertiary/aromatic N) is 2. The van der Waals surface area contributed by atoms with Crippen LogP contribution in [0.1, 0.15) is 40.5 Å². The molecule has 0 aromatic heterocycles. The molecule has 0 saturated carbocycles. The monoisotopic (exact) mass is 210 g/mol. The van der Waals surface area contributed by atoms with Gasteiger partial charge < -0.3 is 4.90 Å². The van der Waals surface area contributed by atoms with E-state index in [-0.39, 0.29) is 11.9 Å². The Morgan fingerprint density at radius 2 is 1.93 bits per heavy atom. The van der Waals surface area contributed by atoms with E-state index in [0.717, 1.165) is 6.42 Å². The van der Waals surface area contributed by atoms with Gasteiger partial charge >= 0.3 is 0 Å². The van der Waals surface area contributed by atoms with Gasteiger partial charge in [0.1, 0.15) is 5.92 Å². The van der Waals surface area contributed by atoms with Crippen LogP contribution in [0.3, 0.4) is 0 Å². The first-order valence-electron chi connectivity index (χ1n) is 5.60. The van der Waals surface area contributed by atoms with Gasteiger partial charge in [0.25, 0.3) is 0 Å². The van der Waals surface area contributed by atoms with E-state index < -0.39 is 5.92 Å². The Hall–Kier alpha value is -1.04. The van der Waals surface area contributed by atoms with Gasteiger partial charge in [-0.1, -0.05) is 20.8 Å². The van der Waals surface area contributed by atoms with Crippen molar-refractivity contribution in [1.29, 1.82) is 5.26 Å². The molecule has 0 heterocycles. The Bertz CT molecular complexity index is 242. The van der Waals surface area contributed by atoms with Crippen molar-refractivity contribution >= 4 is 5.91 Å². The van der Waals surface area contributed by atoms with Crippen LogP contribution in [0.5, 0.6) is 0 Å². The topological polar surface area (TPSA) is 44.1 Å². The number of amides is 1. The standard InChI is InChI=1S/C12H22N2O/c1-6-11(8-13)12(15)14(5)10(4)7-9(2)3/h9-11H,6-7H2,1-5H3. The molecular formula is C12H22N2O. The minimum Gasteiger partial charge on any atom is -0.342 e. The zero-order valence-corrected chi connectivity index (χ0v) is 10.4. The fourth-order valence-electron chi connectivity index (χ4n) is 1.62. The van der Waals surface area contributed by atoms with Crippen molar-refractivity contribution in [3.63, 3.8) is 0 Å². The van der Waals surface area contributed by atoms with Crippen molar-refractivity contribution in [3.05, 3.63) is 0 Å². The van der Waals surface area contributed by atoms with Crippen molar-refractivity contribution < 1.29 is 4.79 Å². The molecule has 3 heteroatoms. The largest absolute Gasteiger partial charge is 0.342 e. The predicted octanol–water partition coefficient (Wildman–Crippen LogP) is 2.43. The van der Waals surface area contributed by atoms with Crippen LogP contribution in [0, 0.1) is 23.2 Å². The molecule has 0 N–H and O–H groups in total. The van der Waals surface area contributed by atoms with E-state index in [1.54, 1.807) is 11.9 Å². The fourth-order valence-corrected chi connectivity index (χ4v) is 1.62. The molecule has 86 valence electrons. The van der Waals surface area contributed by atoms with Gasteiger partial charge in [0, 0.05) is 13.1 Å². The highest BCUT2D eigenvalue weighted by molar-refractivity contribution is 5.81. The quantitative estimate of drug-likeness (QED) is 0.699. The molecule has 3 nitrogen and oxygen atoms in total. The van der Waals surface area contributed by atoms with Crippen LogP contribution >= 0.6 is 0 Å². The smallest absolute Gasteiger partial charge is 0.239 e. The minimum atomic E-state index is -0.482. The molecule has 0 fully saturated rings. The first kappa shape index (κ1) is 14.0. The maximum absolute atomic E-state index is 11.8. The Morgan fingerprint density at radius 1 is 1.40 bits per heavy atom. The maximum Gasteiger partial charge on any atom is 0.239 e. The van der Waals surface area contributed by atoms with Crippen LogP contribution in [-0.2, 0) is 4.79 Å². The lowest BCUT2D eigenvalue weighted by Crippen LogP contribution is -2.39. The third-order valence-electron chi connectivity index (χ3n) is 2.68. The highest BCUT2D eigenvalue weighted by Crippen LogP contribution is 2.13. The lowest BCUT2D eigenvalue weighted by atomic mass is 10.0. The van der Waals surface area contributed by atoms with Crippen molar-refractivity contribution in [3.8, 4) is 6.07 Å². The lowest BCUT2D eigenvalue weighted by Gasteiger charge is -2.27. The Balaban J connectivity index is 4.37. The van der Waals surface area contributed by atoms with Crippen LogP contribution in [0.15, 0.2) is 0 Å². The third-order valence-corrected chi connectivity index (χ3v) is 2.68. The van der Waals surface area contributed by atoms with Crippen LogP contribution in [0.2, 0.25) is 0 Å². The summed E-state index contributed by atoms with van der Waals surface area (Å²) in [6, 6.07) is 2.26. The Kier molecular flexibility index (Phi) is 6.00. The van der Waals surface area contributed by atoms with E-state index in [2.05, 4.69) is 13.8 Å². The molecule has 0 radical (unpaired) electrons. The Labute approximate surface area is 93.1 Å². The summed E-state index contributed by atoms with van der Waals surface area (Å²) in [5, 5.41) is 8.81. The van der Waals surface area contributed by atoms with Gasteiger partial charge in [-0.05, 0) is 25.7 Å². The summed E-state index contributed by atoms with van der Waals surface area (Å²) < 4.78 is 0. The average molecular weight is 210 g/mol. The number of hydrogen-bond donors (Lipinski definition) is 0. The molecule has 0 aliphatic rings. The summed E-state index contributed by atoms with van der Waals surface area (Å²) in [4.78, 5) is 13.5. The van der Waals surface area contributed by atoms with Crippen LogP contribution in [-0.4, -0.2) is 23.9 Å². The van der Waals surface area contributed by atoms with Gasteiger partial charge in [0.05, 0.1) is 6.07 Å². The number of hydrogen-bond acceptors (Lipinski definition) is 2. The van der Waals surface area contributed by atoms with Gasteiger partial charge in [-0.2, -0.15) is 5.26 Å². The highest BCUT2D eigenvalue weighted by atomic mass is 16.2. The summed E-state index contributed by atoms with van der Waals surface area (Å²) in [6.45, 7) is 8.17. The van der Waals surface area contributed by atoms with E-state index in [1.165, 1.54) is 0 Å². The second kappa shape index (κ2) is 6.44. The van der Waals surface area contributed by atoms with E-state index in [4.69, 9.17) is 5.26 Å². The number of carbonyl (C=O) groups excluding carboxylic acids is 1. The Morgan fingerprint density at radius 3 is 2.27 bits per heavy atom. The molecule has 0 aliphatic carbocycles. The van der Waals surface area contributed by atoms with E-state index in [0.29, 0.717) is 12.3 Å². The van der Waals surface area contributed by atoms with Gasteiger partial charge in [0.15, 0.2) is 0 Å². The van der Waals surface area contributed by atoms with Gasteiger partial charge in [-0.25, -0.2) is 0 Å². The highest BCUT2D eigenvalue weighted by Gasteiger charge is 2.23. The number of nitriles is 1. The molecule has 2 unspecified atom stereocenters. The van der Waals surface area contributed by atoms with Crippen molar-refractivity contribution in [1.82, 2.24) is 4.90 Å². The summed E-state index contributed by atoms with van der Waals surface area (Å²) in [5.41, 5.74) is 0. The molecule has 2 atom stereocenters. The summed E-state index contributed by atoms with van der Waals surface area (Å²) >= 11 is 0. The van der Waals surface area contributed by atoms with E-state index >= 15 is 0 Å². The maximum atomic E-state index is 11.8. The summed E-state index contributed by atoms with van der Waals surface area (Å²) in [7, 11) is 1.79. The SMILES string of the molecule is CCC(C#N)C(=O)N(C)C(C)CC(C)C. The van der Waals surface area contributed by atoms with Gasteiger partial charge in [0.2, 0.25) is 5.91 Å². The van der Waals surface area contributed by atoms with E-state index in [1.807, 2.05) is 19.9 Å². The first-order chi connectivity index (χ1) is 6.93. The fraction of sp³-hybridized carbons (Fsp3) is 0.833. The lowest BCUT2D eigenvalue weighted by molar-refractivity contribution is -0.134. The minimum absolute atomic E-state index is 0.0480. The molecule has 0 aliphatic heterocycles. The van der Waals surface area contributed by atoms with Gasteiger partial charge in [-0.3, -0.25) is 4.79 Å². The van der Waals surface area contributed by atoms with Crippen LogP contribution in [0.25, 0.3) is 0 Å². The first-order valence-corrected chi connectivity index (χ1v) is 5.60. The molecular weight excluding hydrogens is 188 g/mol. The molecule has 0 aromatic carbocycles. The van der Waals surface area contributed by atoms with Gasteiger partial charge in [-0.15, -0.1) is 0 Å². The predicted molar refractivity (Wildman–Crippen MR) is 61.1 cm³/mol. The summed E-state index contributed by atoms with van der Waals surface area (Å²) in [5.74, 6) is 0.0372. The second-order valence-electron chi connectivity index (χ2n) is 4.52. The molecule has 0 rings (SSSR count).